The van der Waals surface area contributed by atoms with Gasteiger partial charge in [0.05, 0.1) is 12.1 Å². The van der Waals surface area contributed by atoms with Gasteiger partial charge in [0.25, 0.3) is 0 Å². The minimum atomic E-state index is -0.0470. The van der Waals surface area contributed by atoms with Crippen LogP contribution in [0, 0.1) is 0 Å². The summed E-state index contributed by atoms with van der Waals surface area (Å²) in [4.78, 5) is 14.3. The molecule has 0 radical (unpaired) electrons. The summed E-state index contributed by atoms with van der Waals surface area (Å²) in [5.74, 6) is -0.0470. The lowest BCUT2D eigenvalue weighted by molar-refractivity contribution is -0.129. The van der Waals surface area contributed by atoms with Gasteiger partial charge < -0.3 is 20.3 Å². The molecule has 1 heterocycles. The highest BCUT2D eigenvalue weighted by Crippen LogP contribution is 2.13. The molecule has 1 atom stereocenters. The van der Waals surface area contributed by atoms with Gasteiger partial charge >= 0.3 is 0 Å². The molecular formula is C17H28ClN3O2. The second kappa shape index (κ2) is 10.6. The van der Waals surface area contributed by atoms with Crippen LogP contribution >= 0.6 is 12.4 Å². The maximum atomic E-state index is 12.2. The summed E-state index contributed by atoms with van der Waals surface area (Å²) < 4.78 is 5.72. The molecule has 6 heteroatoms. The predicted molar refractivity (Wildman–Crippen MR) is 95.0 cm³/mol. The number of carbonyl (C=O) groups is 1. The molecule has 0 aromatic heterocycles. The lowest BCUT2D eigenvalue weighted by atomic mass is 10.1. The van der Waals surface area contributed by atoms with Crippen molar-refractivity contribution in [2.75, 3.05) is 40.3 Å². The molecule has 0 bridgehead atoms. The van der Waals surface area contributed by atoms with Gasteiger partial charge in [0, 0.05) is 6.54 Å². The number of likely N-dealkylation sites (N-methyl/N-ethyl adjacent to an activating group) is 1. The van der Waals surface area contributed by atoms with Crippen LogP contribution in [0.15, 0.2) is 30.3 Å². The third-order valence-electron chi connectivity index (χ3n) is 3.82. The molecular weight excluding hydrogens is 314 g/mol. The number of hydrogen-bond acceptors (Lipinski definition) is 4. The van der Waals surface area contributed by atoms with Crippen molar-refractivity contribution in [3.05, 3.63) is 35.9 Å². The van der Waals surface area contributed by atoms with Gasteiger partial charge in [-0.1, -0.05) is 30.3 Å². The van der Waals surface area contributed by atoms with E-state index in [0.29, 0.717) is 0 Å². The summed E-state index contributed by atoms with van der Waals surface area (Å²) in [6.07, 6.45) is 2.16. The molecule has 1 unspecified atom stereocenters. The van der Waals surface area contributed by atoms with Crippen molar-refractivity contribution in [3.8, 4) is 0 Å². The van der Waals surface area contributed by atoms with E-state index in [0.717, 1.165) is 38.0 Å². The van der Waals surface area contributed by atoms with E-state index in [9.17, 15) is 4.79 Å². The first kappa shape index (κ1) is 19.9. The average molecular weight is 342 g/mol. The fraction of sp³-hybridized carbons (Fsp3) is 0.588. The number of hydrogen-bond donors (Lipinski definition) is 2. The topological polar surface area (TPSA) is 53.6 Å². The third kappa shape index (κ3) is 7.31. The summed E-state index contributed by atoms with van der Waals surface area (Å²) in [5, 5.41) is 6.37. The molecule has 1 aromatic carbocycles. The molecule has 2 rings (SSSR count). The molecule has 23 heavy (non-hydrogen) atoms. The van der Waals surface area contributed by atoms with Gasteiger partial charge in [0.1, 0.15) is 6.61 Å². The smallest absolute Gasteiger partial charge is 0.246 e. The van der Waals surface area contributed by atoms with Crippen LogP contribution in [0.25, 0.3) is 0 Å². The fourth-order valence-electron chi connectivity index (χ4n) is 2.68. The molecule has 130 valence electrons. The van der Waals surface area contributed by atoms with E-state index in [1.807, 2.05) is 44.4 Å². The Morgan fingerprint density at radius 2 is 1.96 bits per heavy atom. The third-order valence-corrected chi connectivity index (χ3v) is 3.82. The summed E-state index contributed by atoms with van der Waals surface area (Å²) in [6, 6.07) is 10.0. The molecule has 5 nitrogen and oxygen atoms in total. The minimum absolute atomic E-state index is 0. The van der Waals surface area contributed by atoms with E-state index in [2.05, 4.69) is 15.5 Å². The van der Waals surface area contributed by atoms with Crippen molar-refractivity contribution in [3.63, 3.8) is 0 Å². The number of piperidine rings is 1. The van der Waals surface area contributed by atoms with Crippen molar-refractivity contribution in [2.45, 2.75) is 25.0 Å². The normalized spacial score (nSPS) is 16.7. The zero-order chi connectivity index (χ0) is 15.8. The number of amides is 1. The SMILES string of the molecule is CN(C)CC(NC(=O)COC1CCNCC1)c1ccccc1.Cl. The molecule has 0 aliphatic carbocycles. The van der Waals surface area contributed by atoms with Gasteiger partial charge in [0.2, 0.25) is 5.91 Å². The monoisotopic (exact) mass is 341 g/mol. The zero-order valence-corrected chi connectivity index (χ0v) is 14.8. The average Bonchev–Trinajstić information content (AvgIpc) is 2.54. The lowest BCUT2D eigenvalue weighted by Gasteiger charge is -2.25. The van der Waals surface area contributed by atoms with E-state index < -0.39 is 0 Å². The van der Waals surface area contributed by atoms with E-state index in [1.165, 1.54) is 0 Å². The number of benzene rings is 1. The van der Waals surface area contributed by atoms with E-state index in [1.54, 1.807) is 0 Å². The number of halogens is 1. The Kier molecular flexibility index (Phi) is 9.17. The van der Waals surface area contributed by atoms with Crippen LogP contribution in [0.3, 0.4) is 0 Å². The number of rotatable bonds is 7. The van der Waals surface area contributed by atoms with Gasteiger partial charge in [-0.05, 0) is 45.6 Å². The van der Waals surface area contributed by atoms with Gasteiger partial charge in [-0.25, -0.2) is 0 Å². The molecule has 2 N–H and O–H groups in total. The van der Waals surface area contributed by atoms with Gasteiger partial charge in [-0.2, -0.15) is 0 Å². The summed E-state index contributed by atoms with van der Waals surface area (Å²) in [7, 11) is 4.02. The minimum Gasteiger partial charge on any atom is -0.368 e. The maximum Gasteiger partial charge on any atom is 0.246 e. The van der Waals surface area contributed by atoms with Crippen molar-refractivity contribution < 1.29 is 9.53 Å². The Labute approximate surface area is 145 Å². The fourth-order valence-corrected chi connectivity index (χ4v) is 2.68. The van der Waals surface area contributed by atoms with Crippen LogP contribution < -0.4 is 10.6 Å². The second-order valence-electron chi connectivity index (χ2n) is 6.05. The standard InChI is InChI=1S/C17H27N3O2.ClH/c1-20(2)12-16(14-6-4-3-5-7-14)19-17(21)13-22-15-8-10-18-11-9-15;/h3-7,15-16,18H,8-13H2,1-2H3,(H,19,21);1H. The van der Waals surface area contributed by atoms with Gasteiger partial charge in [0.15, 0.2) is 0 Å². The Bertz CT molecular complexity index is 450. The van der Waals surface area contributed by atoms with E-state index >= 15 is 0 Å². The highest BCUT2D eigenvalue weighted by Gasteiger charge is 2.18. The van der Waals surface area contributed by atoms with Crippen molar-refractivity contribution in [1.82, 2.24) is 15.5 Å². The molecule has 1 amide bonds. The number of nitrogens with zero attached hydrogens (tertiary/aromatic N) is 1. The van der Waals surface area contributed by atoms with Crippen LogP contribution in [0.5, 0.6) is 0 Å². The lowest BCUT2D eigenvalue weighted by Crippen LogP contribution is -2.39. The Morgan fingerprint density at radius 3 is 2.57 bits per heavy atom. The van der Waals surface area contributed by atoms with Crippen molar-refractivity contribution in [1.29, 1.82) is 0 Å². The summed E-state index contributed by atoms with van der Waals surface area (Å²) in [5.41, 5.74) is 1.12. The van der Waals surface area contributed by atoms with Gasteiger partial charge in [-0.15, -0.1) is 12.4 Å². The molecule has 1 aliphatic heterocycles. The maximum absolute atomic E-state index is 12.2. The number of carbonyl (C=O) groups excluding carboxylic acids is 1. The number of ether oxygens (including phenoxy) is 1. The van der Waals surface area contributed by atoms with E-state index in [-0.39, 0.29) is 37.1 Å². The Morgan fingerprint density at radius 1 is 1.30 bits per heavy atom. The molecule has 0 spiro atoms. The summed E-state index contributed by atoms with van der Waals surface area (Å²) >= 11 is 0. The Balaban J connectivity index is 0.00000264. The van der Waals surface area contributed by atoms with Crippen LogP contribution in [0.4, 0.5) is 0 Å². The second-order valence-corrected chi connectivity index (χ2v) is 6.05. The van der Waals surface area contributed by atoms with Crippen molar-refractivity contribution >= 4 is 18.3 Å². The largest absolute Gasteiger partial charge is 0.368 e. The molecule has 1 fully saturated rings. The van der Waals surface area contributed by atoms with Crippen molar-refractivity contribution in [2.24, 2.45) is 0 Å². The van der Waals surface area contributed by atoms with Gasteiger partial charge in [-0.3, -0.25) is 4.79 Å². The number of nitrogens with one attached hydrogen (secondary N) is 2. The quantitative estimate of drug-likeness (QED) is 0.791. The molecule has 0 saturated carbocycles. The first-order valence-corrected chi connectivity index (χ1v) is 7.96. The highest BCUT2D eigenvalue weighted by atomic mass is 35.5. The molecule has 1 aromatic rings. The van der Waals surface area contributed by atoms with Crippen LogP contribution in [-0.2, 0) is 9.53 Å². The first-order chi connectivity index (χ1) is 10.6. The van der Waals surface area contributed by atoms with E-state index in [4.69, 9.17) is 4.74 Å². The van der Waals surface area contributed by atoms with Crippen LogP contribution in [-0.4, -0.2) is 57.2 Å². The Hall–Kier alpha value is -1.14. The zero-order valence-electron chi connectivity index (χ0n) is 14.0. The highest BCUT2D eigenvalue weighted by molar-refractivity contribution is 5.85. The predicted octanol–water partition coefficient (Wildman–Crippen LogP) is 1.60. The molecule has 1 saturated heterocycles. The van der Waals surface area contributed by atoms with Crippen LogP contribution in [0.2, 0.25) is 0 Å². The summed E-state index contributed by atoms with van der Waals surface area (Å²) in [6.45, 7) is 2.85. The van der Waals surface area contributed by atoms with Crippen LogP contribution in [0.1, 0.15) is 24.4 Å². The first-order valence-electron chi connectivity index (χ1n) is 7.96. The molecule has 1 aliphatic rings.